The van der Waals surface area contributed by atoms with Crippen molar-refractivity contribution in [2.45, 2.75) is 66.3 Å². The molecule has 0 saturated heterocycles. The highest BCUT2D eigenvalue weighted by Crippen LogP contribution is 2.26. The standard InChI is InChI=1S/C25H31N3O/c1-16-10-11-23(12-18(16)3)28-19(4)13-21(20(28)5)14-22(15-26)25(29)27-24-9-7-6-8-17(24)2/h10-14,17,24H,6-9H2,1-5H3,(H,27,29)/b22-14+/t17-,24+/m1/s1. The molecule has 2 aromatic rings. The summed E-state index contributed by atoms with van der Waals surface area (Å²) in [7, 11) is 0. The maximum absolute atomic E-state index is 12.7. The fourth-order valence-electron chi connectivity index (χ4n) is 4.28. The van der Waals surface area contributed by atoms with Crippen LogP contribution in [0.2, 0.25) is 0 Å². The average Bonchev–Trinajstić information content (AvgIpc) is 2.97. The Hall–Kier alpha value is -2.80. The summed E-state index contributed by atoms with van der Waals surface area (Å²) in [6.45, 7) is 10.5. The number of rotatable bonds is 4. The first-order valence-corrected chi connectivity index (χ1v) is 10.5. The zero-order valence-corrected chi connectivity index (χ0v) is 18.2. The van der Waals surface area contributed by atoms with Crippen LogP contribution in [-0.2, 0) is 4.79 Å². The van der Waals surface area contributed by atoms with Crippen molar-refractivity contribution < 1.29 is 4.79 Å². The summed E-state index contributed by atoms with van der Waals surface area (Å²) in [5, 5.41) is 12.7. The Morgan fingerprint density at radius 3 is 2.52 bits per heavy atom. The van der Waals surface area contributed by atoms with Gasteiger partial charge in [-0.1, -0.05) is 25.8 Å². The van der Waals surface area contributed by atoms with E-state index in [1.165, 1.54) is 17.5 Å². The van der Waals surface area contributed by atoms with Gasteiger partial charge in [0, 0.05) is 23.1 Å². The molecular formula is C25H31N3O. The number of aryl methyl sites for hydroxylation is 3. The molecule has 0 aliphatic heterocycles. The molecule has 0 bridgehead atoms. The lowest BCUT2D eigenvalue weighted by Gasteiger charge is -2.29. The molecule has 1 N–H and O–H groups in total. The van der Waals surface area contributed by atoms with Crippen LogP contribution in [0.4, 0.5) is 0 Å². The van der Waals surface area contributed by atoms with Gasteiger partial charge in [-0.15, -0.1) is 0 Å². The van der Waals surface area contributed by atoms with Gasteiger partial charge in [0.2, 0.25) is 0 Å². The summed E-state index contributed by atoms with van der Waals surface area (Å²) in [5.41, 5.74) is 6.78. The van der Waals surface area contributed by atoms with Gasteiger partial charge in [0.1, 0.15) is 11.6 Å². The second-order valence-electron chi connectivity index (χ2n) is 8.44. The molecule has 0 radical (unpaired) electrons. The van der Waals surface area contributed by atoms with Gasteiger partial charge in [-0.2, -0.15) is 5.26 Å². The van der Waals surface area contributed by atoms with Crippen molar-refractivity contribution in [2.75, 3.05) is 0 Å². The van der Waals surface area contributed by atoms with E-state index in [9.17, 15) is 10.1 Å². The molecule has 4 nitrogen and oxygen atoms in total. The minimum Gasteiger partial charge on any atom is -0.348 e. The van der Waals surface area contributed by atoms with E-state index in [-0.39, 0.29) is 17.5 Å². The van der Waals surface area contributed by atoms with Gasteiger partial charge < -0.3 is 9.88 Å². The summed E-state index contributed by atoms with van der Waals surface area (Å²) >= 11 is 0. The fourth-order valence-corrected chi connectivity index (χ4v) is 4.28. The zero-order valence-electron chi connectivity index (χ0n) is 18.2. The first-order chi connectivity index (χ1) is 13.8. The van der Waals surface area contributed by atoms with Crippen LogP contribution >= 0.6 is 0 Å². The Bertz CT molecular complexity index is 990. The number of benzene rings is 1. The molecule has 1 amide bonds. The highest BCUT2D eigenvalue weighted by molar-refractivity contribution is 6.02. The van der Waals surface area contributed by atoms with Crippen molar-refractivity contribution in [3.63, 3.8) is 0 Å². The second-order valence-corrected chi connectivity index (χ2v) is 8.44. The van der Waals surface area contributed by atoms with E-state index in [0.29, 0.717) is 5.92 Å². The molecule has 152 valence electrons. The van der Waals surface area contributed by atoms with Crippen molar-refractivity contribution in [3.05, 3.63) is 57.9 Å². The van der Waals surface area contributed by atoms with Crippen molar-refractivity contribution in [1.29, 1.82) is 5.26 Å². The minimum absolute atomic E-state index is 0.163. The lowest BCUT2D eigenvalue weighted by molar-refractivity contribution is -0.118. The van der Waals surface area contributed by atoms with Crippen molar-refractivity contribution in [2.24, 2.45) is 5.92 Å². The zero-order chi connectivity index (χ0) is 21.1. The monoisotopic (exact) mass is 389 g/mol. The van der Waals surface area contributed by atoms with E-state index in [0.717, 1.165) is 41.9 Å². The van der Waals surface area contributed by atoms with Gasteiger partial charge in [0.25, 0.3) is 5.91 Å². The normalized spacial score (nSPS) is 19.7. The molecule has 4 heteroatoms. The van der Waals surface area contributed by atoms with Gasteiger partial charge in [-0.3, -0.25) is 4.79 Å². The van der Waals surface area contributed by atoms with Crippen LogP contribution in [0.3, 0.4) is 0 Å². The van der Waals surface area contributed by atoms with Crippen LogP contribution in [0, 0.1) is 44.9 Å². The molecule has 3 rings (SSSR count). The molecule has 1 aliphatic carbocycles. The molecule has 1 aromatic carbocycles. The van der Waals surface area contributed by atoms with Gasteiger partial charge in [-0.25, -0.2) is 0 Å². The van der Waals surface area contributed by atoms with Crippen LogP contribution < -0.4 is 5.32 Å². The van der Waals surface area contributed by atoms with Gasteiger partial charge >= 0.3 is 0 Å². The van der Waals surface area contributed by atoms with Crippen LogP contribution in [-0.4, -0.2) is 16.5 Å². The second kappa shape index (κ2) is 8.69. The molecule has 1 fully saturated rings. The first kappa shape index (κ1) is 20.9. The molecule has 1 saturated carbocycles. The number of hydrogen-bond acceptors (Lipinski definition) is 2. The Balaban J connectivity index is 1.89. The largest absolute Gasteiger partial charge is 0.348 e. The predicted octanol–water partition coefficient (Wildman–Crippen LogP) is 5.31. The molecule has 0 spiro atoms. The van der Waals surface area contributed by atoms with Crippen LogP contribution in [0.1, 0.15) is 60.7 Å². The van der Waals surface area contributed by atoms with Crippen LogP contribution in [0.25, 0.3) is 11.8 Å². The van der Waals surface area contributed by atoms with E-state index in [1.807, 2.05) is 13.0 Å². The maximum Gasteiger partial charge on any atom is 0.262 e. The topological polar surface area (TPSA) is 57.8 Å². The molecule has 1 heterocycles. The third-order valence-corrected chi connectivity index (χ3v) is 6.31. The van der Waals surface area contributed by atoms with Gasteiger partial charge in [0.05, 0.1) is 0 Å². The highest BCUT2D eigenvalue weighted by Gasteiger charge is 2.24. The van der Waals surface area contributed by atoms with Crippen LogP contribution in [0.15, 0.2) is 29.8 Å². The molecule has 1 aromatic heterocycles. The molecule has 0 unspecified atom stereocenters. The summed E-state index contributed by atoms with van der Waals surface area (Å²) < 4.78 is 2.17. The Kier molecular flexibility index (Phi) is 6.27. The summed E-state index contributed by atoms with van der Waals surface area (Å²) in [6.07, 6.45) is 6.21. The van der Waals surface area contributed by atoms with Crippen molar-refractivity contribution in [1.82, 2.24) is 9.88 Å². The lowest BCUT2D eigenvalue weighted by Crippen LogP contribution is -2.41. The third kappa shape index (κ3) is 4.45. The number of nitrogens with zero attached hydrogens (tertiary/aromatic N) is 2. The fraction of sp³-hybridized carbons (Fsp3) is 0.440. The number of nitriles is 1. The number of nitrogens with one attached hydrogen (secondary N) is 1. The maximum atomic E-state index is 12.7. The average molecular weight is 390 g/mol. The van der Waals surface area contributed by atoms with E-state index >= 15 is 0 Å². The predicted molar refractivity (Wildman–Crippen MR) is 118 cm³/mol. The molecule has 1 aliphatic rings. The number of amides is 1. The quantitative estimate of drug-likeness (QED) is 0.569. The summed E-state index contributed by atoms with van der Waals surface area (Å²) in [5.74, 6) is 0.199. The molecule has 2 atom stereocenters. The number of carbonyl (C=O) groups is 1. The third-order valence-electron chi connectivity index (χ3n) is 6.31. The number of hydrogen-bond donors (Lipinski definition) is 1. The molecule has 29 heavy (non-hydrogen) atoms. The molecular weight excluding hydrogens is 358 g/mol. The number of aromatic nitrogens is 1. The first-order valence-electron chi connectivity index (χ1n) is 10.5. The summed E-state index contributed by atoms with van der Waals surface area (Å²) in [6, 6.07) is 10.7. The summed E-state index contributed by atoms with van der Waals surface area (Å²) in [4.78, 5) is 12.7. The minimum atomic E-state index is -0.262. The van der Waals surface area contributed by atoms with E-state index in [1.54, 1.807) is 6.08 Å². The SMILES string of the molecule is Cc1ccc(-n2c(C)cc(/C=C(\C#N)C(=O)N[C@H]3CCCC[C@H]3C)c2C)cc1C. The number of carbonyl (C=O) groups excluding carboxylic acids is 1. The van der Waals surface area contributed by atoms with Crippen molar-refractivity contribution >= 4 is 12.0 Å². The smallest absolute Gasteiger partial charge is 0.262 e. The lowest BCUT2D eigenvalue weighted by atomic mass is 9.86. The highest BCUT2D eigenvalue weighted by atomic mass is 16.1. The Morgan fingerprint density at radius 1 is 1.14 bits per heavy atom. The van der Waals surface area contributed by atoms with Gasteiger partial charge in [0.15, 0.2) is 0 Å². The Morgan fingerprint density at radius 2 is 1.86 bits per heavy atom. The Labute approximate surface area is 174 Å². The van der Waals surface area contributed by atoms with Crippen LogP contribution in [0.5, 0.6) is 0 Å². The van der Waals surface area contributed by atoms with E-state index < -0.39 is 0 Å². The van der Waals surface area contributed by atoms with E-state index in [2.05, 4.69) is 61.8 Å². The van der Waals surface area contributed by atoms with Crippen molar-refractivity contribution in [3.8, 4) is 11.8 Å². The van der Waals surface area contributed by atoms with Gasteiger partial charge in [-0.05, 0) is 87.4 Å². The van der Waals surface area contributed by atoms with E-state index in [4.69, 9.17) is 0 Å².